The fourth-order valence-electron chi connectivity index (χ4n) is 3.73. The van der Waals surface area contributed by atoms with Crippen LogP contribution in [-0.4, -0.2) is 51.6 Å². The number of likely N-dealkylation sites (tertiary alicyclic amines) is 1. The van der Waals surface area contributed by atoms with Crippen molar-refractivity contribution in [1.82, 2.24) is 10.2 Å². The van der Waals surface area contributed by atoms with Crippen molar-refractivity contribution in [2.24, 2.45) is 9.98 Å². The van der Waals surface area contributed by atoms with E-state index in [2.05, 4.69) is 20.0 Å². The minimum absolute atomic E-state index is 0.159. The Morgan fingerprint density at radius 1 is 1.33 bits per heavy atom. The van der Waals surface area contributed by atoms with E-state index >= 15 is 0 Å². The van der Waals surface area contributed by atoms with Crippen LogP contribution < -0.4 is 10.0 Å². The number of nitrogens with zero attached hydrogens (tertiary/aromatic N) is 3. The van der Waals surface area contributed by atoms with Crippen LogP contribution in [0.2, 0.25) is 0 Å². The first kappa shape index (κ1) is 22.0. The minimum Gasteiger partial charge on any atom is -0.593 e. The summed E-state index contributed by atoms with van der Waals surface area (Å²) in [6.07, 6.45) is 5.77. The molecule has 2 aliphatic rings. The predicted molar refractivity (Wildman–Crippen MR) is 123 cm³/mol. The van der Waals surface area contributed by atoms with Gasteiger partial charge in [-0.25, -0.2) is 14.7 Å². The maximum Gasteiger partial charge on any atom is 0.256 e. The van der Waals surface area contributed by atoms with Gasteiger partial charge in [-0.1, -0.05) is 11.6 Å². The van der Waals surface area contributed by atoms with Gasteiger partial charge >= 0.3 is 0 Å². The fraction of sp³-hybridized carbons (Fsp3) is 0.429. The molecule has 2 heterocycles. The van der Waals surface area contributed by atoms with Crippen molar-refractivity contribution in [3.63, 3.8) is 0 Å². The number of rotatable bonds is 5. The number of benzene rings is 1. The first-order chi connectivity index (χ1) is 14.2. The highest BCUT2D eigenvalue weighted by Gasteiger charge is 2.31. The topological polar surface area (TPSA) is 116 Å². The average molecular weight is 429 g/mol. The Kier molecular flexibility index (Phi) is 6.94. The van der Waals surface area contributed by atoms with E-state index < -0.39 is 11.4 Å². The van der Waals surface area contributed by atoms with Gasteiger partial charge in [0.1, 0.15) is 23.7 Å². The second-order valence-electron chi connectivity index (χ2n) is 7.58. The molecule has 1 aromatic rings. The maximum absolute atomic E-state index is 13.5. The van der Waals surface area contributed by atoms with E-state index in [1.807, 2.05) is 26.8 Å². The van der Waals surface area contributed by atoms with Crippen molar-refractivity contribution in [3.8, 4) is 0 Å². The predicted octanol–water partition coefficient (Wildman–Crippen LogP) is 3.00. The fourth-order valence-corrected chi connectivity index (χ4v) is 4.21. The number of aliphatic imine (C=N–C) groups is 2. The highest BCUT2D eigenvalue weighted by Crippen LogP contribution is 2.26. The van der Waals surface area contributed by atoms with E-state index in [1.54, 1.807) is 23.1 Å². The Morgan fingerprint density at radius 2 is 2.10 bits per heavy atom. The number of piperidine rings is 1. The number of nitrogens with one attached hydrogen (secondary N) is 3. The highest BCUT2D eigenvalue weighted by molar-refractivity contribution is 7.92. The molecule has 2 atom stereocenters. The van der Waals surface area contributed by atoms with Gasteiger partial charge < -0.3 is 20.2 Å². The molecule has 30 heavy (non-hydrogen) atoms. The van der Waals surface area contributed by atoms with Gasteiger partial charge in [0.05, 0.1) is 34.4 Å². The molecule has 3 N–H and O–H groups in total. The lowest BCUT2D eigenvalue weighted by atomic mass is 9.96. The standard InChI is InChI=1S/C21H28N6O2S/c1-13-8-9-18(26-30(4)29)16(11-13)21(28)27-10-6-5-7-19(27)17(22)12-20-24-14(2)23-15(3)25-20/h8-9,11-12,19,22,26H,5-7,10H2,1-4H3,(H,23,24,25)/t19-,30?/m0/s1. The minimum atomic E-state index is -1.29. The molecule has 1 fully saturated rings. The number of carbonyl (C=O) groups excluding carboxylic acids is 1. The van der Waals surface area contributed by atoms with Crippen LogP contribution in [0, 0.1) is 12.3 Å². The zero-order valence-electron chi connectivity index (χ0n) is 17.8. The lowest BCUT2D eigenvalue weighted by Gasteiger charge is -2.36. The molecule has 160 valence electrons. The monoisotopic (exact) mass is 428 g/mol. The normalized spacial score (nSPS) is 21.4. The van der Waals surface area contributed by atoms with E-state index in [0.29, 0.717) is 35.2 Å². The van der Waals surface area contributed by atoms with Gasteiger partial charge in [-0.05, 0) is 52.2 Å². The number of anilines is 1. The van der Waals surface area contributed by atoms with Crippen LogP contribution in [0.5, 0.6) is 0 Å². The molecule has 2 aliphatic heterocycles. The van der Waals surface area contributed by atoms with Gasteiger partial charge in [-0.15, -0.1) is 0 Å². The van der Waals surface area contributed by atoms with E-state index in [9.17, 15) is 9.35 Å². The number of amidine groups is 2. The van der Waals surface area contributed by atoms with Crippen LogP contribution in [0.3, 0.4) is 0 Å². The Balaban J connectivity index is 1.88. The molecule has 9 heteroatoms. The first-order valence-electron chi connectivity index (χ1n) is 9.94. The largest absolute Gasteiger partial charge is 0.593 e. The smallest absolute Gasteiger partial charge is 0.256 e. The molecule has 1 amide bonds. The van der Waals surface area contributed by atoms with Crippen molar-refractivity contribution in [3.05, 3.63) is 41.2 Å². The molecule has 1 aromatic carbocycles. The van der Waals surface area contributed by atoms with E-state index in [-0.39, 0.29) is 11.9 Å². The summed E-state index contributed by atoms with van der Waals surface area (Å²) in [5.41, 5.74) is 2.30. The third kappa shape index (κ3) is 5.28. The van der Waals surface area contributed by atoms with Crippen LogP contribution in [0.4, 0.5) is 5.69 Å². The number of carbonyl (C=O) groups is 1. The third-order valence-electron chi connectivity index (χ3n) is 4.99. The van der Waals surface area contributed by atoms with Gasteiger partial charge in [-0.2, -0.15) is 0 Å². The summed E-state index contributed by atoms with van der Waals surface area (Å²) < 4.78 is 14.6. The summed E-state index contributed by atoms with van der Waals surface area (Å²) in [4.78, 5) is 23.8. The summed E-state index contributed by atoms with van der Waals surface area (Å²) in [6.45, 7) is 6.15. The van der Waals surface area contributed by atoms with Gasteiger partial charge in [0, 0.05) is 12.6 Å². The number of amides is 1. The summed E-state index contributed by atoms with van der Waals surface area (Å²) in [5, 5.41) is 11.7. The number of hydrogen-bond donors (Lipinski definition) is 3. The number of hydrogen-bond acceptors (Lipinski definition) is 7. The lowest BCUT2D eigenvalue weighted by molar-refractivity contribution is 0.0681. The molecule has 0 spiro atoms. The maximum atomic E-state index is 13.5. The van der Waals surface area contributed by atoms with Crippen LogP contribution in [0.25, 0.3) is 0 Å². The Morgan fingerprint density at radius 3 is 2.80 bits per heavy atom. The summed E-state index contributed by atoms with van der Waals surface area (Å²) in [6, 6.07) is 5.13. The van der Waals surface area contributed by atoms with Crippen molar-refractivity contribution in [2.75, 3.05) is 17.5 Å². The van der Waals surface area contributed by atoms with Crippen LogP contribution in [0.1, 0.15) is 49.0 Å². The average Bonchev–Trinajstić information content (AvgIpc) is 2.67. The highest BCUT2D eigenvalue weighted by atomic mass is 32.2. The molecular formula is C21H28N6O2S. The second-order valence-corrected chi connectivity index (χ2v) is 8.69. The third-order valence-corrected chi connectivity index (χ3v) is 5.50. The van der Waals surface area contributed by atoms with E-state index in [1.165, 1.54) is 6.26 Å². The molecule has 0 radical (unpaired) electrons. The van der Waals surface area contributed by atoms with Crippen LogP contribution in [-0.2, 0) is 11.4 Å². The van der Waals surface area contributed by atoms with Gasteiger partial charge in [-0.3, -0.25) is 4.79 Å². The summed E-state index contributed by atoms with van der Waals surface area (Å²) in [5.74, 6) is 1.75. The molecule has 3 rings (SSSR count). The quantitative estimate of drug-likeness (QED) is 0.494. The Bertz CT molecular complexity index is 937. The van der Waals surface area contributed by atoms with Crippen molar-refractivity contribution < 1.29 is 9.35 Å². The molecule has 0 bridgehead atoms. The molecule has 8 nitrogen and oxygen atoms in total. The van der Waals surface area contributed by atoms with Crippen LogP contribution in [0.15, 0.2) is 40.1 Å². The van der Waals surface area contributed by atoms with Gasteiger partial charge in [0.15, 0.2) is 0 Å². The van der Waals surface area contributed by atoms with Crippen molar-refractivity contribution in [1.29, 1.82) is 5.41 Å². The van der Waals surface area contributed by atoms with Crippen molar-refractivity contribution >= 4 is 40.3 Å². The molecule has 1 saturated heterocycles. The number of aryl methyl sites for hydroxylation is 1. The molecule has 0 aliphatic carbocycles. The van der Waals surface area contributed by atoms with E-state index in [4.69, 9.17) is 5.41 Å². The zero-order chi connectivity index (χ0) is 21.8. The SMILES string of the molecule is CC1=N/C(=C/C(=N)[C@@H]2CCCCN2C(=O)c2cc(C)ccc2N[S+](C)[O-])NC(C)=N1. The zero-order valence-corrected chi connectivity index (χ0v) is 18.6. The second kappa shape index (κ2) is 9.44. The molecule has 0 aromatic heterocycles. The van der Waals surface area contributed by atoms with Gasteiger partial charge in [0.2, 0.25) is 0 Å². The van der Waals surface area contributed by atoms with Crippen LogP contribution >= 0.6 is 0 Å². The Hall–Kier alpha value is -2.65. The van der Waals surface area contributed by atoms with Crippen molar-refractivity contribution in [2.45, 2.75) is 46.1 Å². The molecule has 1 unspecified atom stereocenters. The first-order valence-corrected chi connectivity index (χ1v) is 11.5. The van der Waals surface area contributed by atoms with E-state index in [0.717, 1.165) is 30.7 Å². The summed E-state index contributed by atoms with van der Waals surface area (Å²) in [7, 11) is 0. The molecule has 0 saturated carbocycles. The molecular weight excluding hydrogens is 400 g/mol. The lowest BCUT2D eigenvalue weighted by Crippen LogP contribution is -2.47. The summed E-state index contributed by atoms with van der Waals surface area (Å²) >= 11 is -1.29. The Labute approximate surface area is 180 Å². The van der Waals surface area contributed by atoms with Gasteiger partial charge in [0.25, 0.3) is 5.91 Å².